The van der Waals surface area contributed by atoms with Gasteiger partial charge in [0.2, 0.25) is 0 Å². The summed E-state index contributed by atoms with van der Waals surface area (Å²) in [7, 11) is -0.344. The molecule has 4 nitrogen and oxygen atoms in total. The highest BCUT2D eigenvalue weighted by Crippen LogP contribution is 2.05. The van der Waals surface area contributed by atoms with Crippen LogP contribution in [0.15, 0.2) is 12.2 Å². The SMILES string of the molecule is C=C(C)C(=O)OCCCCC[SiH2]C(OCCC)OCCC. The minimum Gasteiger partial charge on any atom is -0.462 e. The lowest BCUT2D eigenvalue weighted by atomic mass is 10.3. The molecule has 0 saturated carbocycles. The third-order valence-corrected chi connectivity index (χ3v) is 4.78. The molecule has 0 N–H and O–H groups in total. The van der Waals surface area contributed by atoms with Crippen molar-refractivity contribution >= 4 is 15.5 Å². The smallest absolute Gasteiger partial charge is 0.333 e. The Hall–Kier alpha value is -0.653. The van der Waals surface area contributed by atoms with E-state index >= 15 is 0 Å². The molecule has 124 valence electrons. The zero-order chi connectivity index (χ0) is 15.9. The Morgan fingerprint density at radius 1 is 1.05 bits per heavy atom. The van der Waals surface area contributed by atoms with E-state index < -0.39 is 0 Å². The van der Waals surface area contributed by atoms with E-state index in [1.54, 1.807) is 6.92 Å². The summed E-state index contributed by atoms with van der Waals surface area (Å²) in [6, 6.07) is 1.21. The molecule has 5 heteroatoms. The van der Waals surface area contributed by atoms with Crippen LogP contribution in [0.25, 0.3) is 0 Å². The Bertz CT molecular complexity index is 273. The van der Waals surface area contributed by atoms with Gasteiger partial charge in [0.15, 0.2) is 0 Å². The maximum absolute atomic E-state index is 11.2. The first-order valence-corrected chi connectivity index (χ1v) is 9.99. The Morgan fingerprint density at radius 3 is 2.19 bits per heavy atom. The zero-order valence-electron chi connectivity index (χ0n) is 14.0. The number of unbranched alkanes of at least 4 members (excludes halogenated alkanes) is 2. The van der Waals surface area contributed by atoms with Crippen molar-refractivity contribution in [2.24, 2.45) is 0 Å². The van der Waals surface area contributed by atoms with Gasteiger partial charge in [-0.25, -0.2) is 4.79 Å². The molecule has 0 rings (SSSR count). The zero-order valence-corrected chi connectivity index (χ0v) is 15.4. The Kier molecular flexibility index (Phi) is 13.8. The van der Waals surface area contributed by atoms with E-state index in [4.69, 9.17) is 14.2 Å². The normalized spacial score (nSPS) is 11.4. The van der Waals surface area contributed by atoms with Gasteiger partial charge in [-0.15, -0.1) is 0 Å². The van der Waals surface area contributed by atoms with Crippen molar-refractivity contribution in [3.8, 4) is 0 Å². The summed E-state index contributed by atoms with van der Waals surface area (Å²) in [4.78, 5) is 11.2. The van der Waals surface area contributed by atoms with Gasteiger partial charge < -0.3 is 14.2 Å². The predicted octanol–water partition coefficient (Wildman–Crippen LogP) is 3.00. The number of carbonyl (C=O) groups is 1. The van der Waals surface area contributed by atoms with Crippen LogP contribution in [0.1, 0.15) is 52.9 Å². The highest BCUT2D eigenvalue weighted by Gasteiger charge is 2.09. The Morgan fingerprint density at radius 2 is 1.67 bits per heavy atom. The summed E-state index contributed by atoms with van der Waals surface area (Å²) in [6.45, 7) is 11.5. The Balaban J connectivity index is 3.56. The quantitative estimate of drug-likeness (QED) is 0.162. The topological polar surface area (TPSA) is 44.8 Å². The van der Waals surface area contributed by atoms with Crippen LogP contribution in [-0.2, 0) is 19.0 Å². The molecule has 0 radical (unpaired) electrons. The van der Waals surface area contributed by atoms with Gasteiger partial charge in [0.05, 0.1) is 16.1 Å². The van der Waals surface area contributed by atoms with Crippen LogP contribution in [0.5, 0.6) is 0 Å². The molecule has 0 aliphatic carbocycles. The molecule has 21 heavy (non-hydrogen) atoms. The number of rotatable bonds is 14. The molecule has 0 heterocycles. The number of carbonyl (C=O) groups excluding carboxylic acids is 1. The molecule has 0 amide bonds. The minimum absolute atomic E-state index is 0.0751. The van der Waals surface area contributed by atoms with Crippen molar-refractivity contribution in [1.82, 2.24) is 0 Å². The lowest BCUT2D eigenvalue weighted by Crippen LogP contribution is -2.25. The van der Waals surface area contributed by atoms with Gasteiger partial charge in [-0.3, -0.25) is 0 Å². The maximum Gasteiger partial charge on any atom is 0.333 e. The van der Waals surface area contributed by atoms with Crippen LogP contribution < -0.4 is 0 Å². The van der Waals surface area contributed by atoms with Gasteiger partial charge in [-0.2, -0.15) is 0 Å². The molecule has 0 atom stereocenters. The average Bonchev–Trinajstić information content (AvgIpc) is 2.47. The van der Waals surface area contributed by atoms with E-state index in [0.717, 1.165) is 45.3 Å². The molecule has 0 aromatic heterocycles. The van der Waals surface area contributed by atoms with Crippen LogP contribution in [0, 0.1) is 0 Å². The minimum atomic E-state index is -0.344. The lowest BCUT2D eigenvalue weighted by molar-refractivity contribution is -0.139. The summed E-state index contributed by atoms with van der Waals surface area (Å²) in [5.41, 5.74) is 0.464. The van der Waals surface area contributed by atoms with E-state index in [0.29, 0.717) is 12.2 Å². The van der Waals surface area contributed by atoms with Crippen molar-refractivity contribution in [2.45, 2.75) is 64.8 Å². The van der Waals surface area contributed by atoms with Crippen molar-refractivity contribution in [1.29, 1.82) is 0 Å². The van der Waals surface area contributed by atoms with Gasteiger partial charge in [0, 0.05) is 18.8 Å². The predicted molar refractivity (Wildman–Crippen MR) is 89.2 cm³/mol. The second kappa shape index (κ2) is 14.3. The first-order valence-electron chi connectivity index (χ1n) is 8.17. The van der Waals surface area contributed by atoms with Crippen LogP contribution in [0.4, 0.5) is 0 Å². The Labute approximate surface area is 132 Å². The largest absolute Gasteiger partial charge is 0.462 e. The summed E-state index contributed by atoms with van der Waals surface area (Å²) in [5.74, 6) is -0.212. The van der Waals surface area contributed by atoms with Crippen molar-refractivity contribution in [2.75, 3.05) is 19.8 Å². The molecule has 0 aliphatic rings. The van der Waals surface area contributed by atoms with E-state index in [1.165, 1.54) is 6.04 Å². The van der Waals surface area contributed by atoms with Gasteiger partial charge in [-0.05, 0) is 26.2 Å². The molecule has 0 saturated heterocycles. The molecule has 0 spiro atoms. The van der Waals surface area contributed by atoms with Gasteiger partial charge in [0.25, 0.3) is 0 Å². The molecule has 0 bridgehead atoms. The van der Waals surface area contributed by atoms with E-state index in [1.807, 2.05) is 0 Å². The van der Waals surface area contributed by atoms with Crippen molar-refractivity contribution < 1.29 is 19.0 Å². The molecule has 0 unspecified atom stereocenters. The number of esters is 1. The first kappa shape index (κ1) is 20.3. The monoisotopic (exact) mass is 316 g/mol. The first-order chi connectivity index (χ1) is 10.1. The number of hydrogen-bond acceptors (Lipinski definition) is 4. The summed E-state index contributed by atoms with van der Waals surface area (Å²) in [5, 5.41) is 0. The fraction of sp³-hybridized carbons (Fsp3) is 0.812. The highest BCUT2D eigenvalue weighted by molar-refractivity contribution is 6.36. The molecule has 0 aliphatic heterocycles. The second-order valence-corrected chi connectivity index (χ2v) is 7.24. The third kappa shape index (κ3) is 12.8. The summed E-state index contributed by atoms with van der Waals surface area (Å²) < 4.78 is 16.5. The van der Waals surface area contributed by atoms with Crippen molar-refractivity contribution in [3.63, 3.8) is 0 Å². The lowest BCUT2D eigenvalue weighted by Gasteiger charge is -2.17. The van der Waals surface area contributed by atoms with Crippen LogP contribution in [0.2, 0.25) is 6.04 Å². The van der Waals surface area contributed by atoms with E-state index in [-0.39, 0.29) is 21.4 Å². The van der Waals surface area contributed by atoms with Crippen LogP contribution >= 0.6 is 0 Å². The number of ether oxygens (including phenoxy) is 3. The standard InChI is InChI=1S/C16H32O4Si/c1-5-10-19-16(20-11-6-2)21-13-9-7-8-12-18-15(17)14(3)4/h16H,3,5-13,21H2,1-2,4H3. The summed E-state index contributed by atoms with van der Waals surface area (Å²) in [6.07, 6.45) is 5.25. The van der Waals surface area contributed by atoms with Gasteiger partial charge >= 0.3 is 5.97 Å². The molecular formula is C16H32O4Si. The van der Waals surface area contributed by atoms with Gasteiger partial charge in [-0.1, -0.05) is 39.3 Å². The molecule has 0 fully saturated rings. The molecule has 0 aromatic carbocycles. The fourth-order valence-corrected chi connectivity index (χ4v) is 3.41. The van der Waals surface area contributed by atoms with E-state index in [2.05, 4.69) is 20.4 Å². The van der Waals surface area contributed by atoms with Crippen LogP contribution in [0.3, 0.4) is 0 Å². The van der Waals surface area contributed by atoms with Crippen LogP contribution in [-0.4, -0.2) is 41.2 Å². The highest BCUT2D eigenvalue weighted by atomic mass is 28.2. The molecule has 0 aromatic rings. The third-order valence-electron chi connectivity index (χ3n) is 2.93. The summed E-state index contributed by atoms with van der Waals surface area (Å²) >= 11 is 0. The average molecular weight is 317 g/mol. The van der Waals surface area contributed by atoms with Crippen molar-refractivity contribution in [3.05, 3.63) is 12.2 Å². The van der Waals surface area contributed by atoms with Gasteiger partial charge in [0.1, 0.15) is 5.91 Å². The second-order valence-electron chi connectivity index (χ2n) is 5.29. The fourth-order valence-electron chi connectivity index (χ4n) is 1.77. The molecular weight excluding hydrogens is 284 g/mol. The maximum atomic E-state index is 11.2. The van der Waals surface area contributed by atoms with E-state index in [9.17, 15) is 4.79 Å². The number of hydrogen-bond donors (Lipinski definition) is 0.